The van der Waals surface area contributed by atoms with Crippen LogP contribution in [0.1, 0.15) is 30.1 Å². The topological polar surface area (TPSA) is 131 Å². The first-order valence-electron chi connectivity index (χ1n) is 10.4. The van der Waals surface area contributed by atoms with Crippen LogP contribution < -0.4 is 4.90 Å². The number of aromatic nitrogens is 4. The van der Waals surface area contributed by atoms with Crippen LogP contribution in [0.25, 0.3) is 0 Å². The summed E-state index contributed by atoms with van der Waals surface area (Å²) in [5.74, 6) is -3.63. The van der Waals surface area contributed by atoms with Gasteiger partial charge in [-0.15, -0.1) is 0 Å². The second-order valence-electron chi connectivity index (χ2n) is 7.90. The fraction of sp³-hybridized carbons (Fsp3) is 0.550. The number of aryl methyl sites for hydroxylation is 1. The van der Waals surface area contributed by atoms with Crippen molar-refractivity contribution >= 4 is 17.9 Å². The number of hydrogen-bond acceptors (Lipinski definition) is 7. The Bertz CT molecular complexity index is 987. The number of halogens is 6. The first-order chi connectivity index (χ1) is 16.7. The minimum Gasteiger partial charge on any atom is -0.475 e. The Hall–Kier alpha value is -3.43. The van der Waals surface area contributed by atoms with Gasteiger partial charge in [-0.25, -0.2) is 24.5 Å². The van der Waals surface area contributed by atoms with Gasteiger partial charge in [-0.2, -0.15) is 26.3 Å². The van der Waals surface area contributed by atoms with Gasteiger partial charge in [0.25, 0.3) is 0 Å². The maximum Gasteiger partial charge on any atom is 0.490 e. The number of nitrogens with zero attached hydrogens (tertiary/aromatic N) is 5. The van der Waals surface area contributed by atoms with Crippen molar-refractivity contribution in [1.82, 2.24) is 19.5 Å². The van der Waals surface area contributed by atoms with E-state index in [0.29, 0.717) is 5.92 Å². The van der Waals surface area contributed by atoms with Gasteiger partial charge in [0.15, 0.2) is 0 Å². The summed E-state index contributed by atoms with van der Waals surface area (Å²) < 4.78 is 71.6. The molecule has 3 heterocycles. The molecule has 1 aliphatic carbocycles. The molecule has 0 aromatic carbocycles. The van der Waals surface area contributed by atoms with Crippen molar-refractivity contribution in [2.24, 2.45) is 13.0 Å². The molecule has 0 saturated heterocycles. The smallest absolute Gasteiger partial charge is 0.475 e. The summed E-state index contributed by atoms with van der Waals surface area (Å²) in [5, 5.41) is 14.2. The number of fused-ring (bicyclic) bond motifs is 1. The molecule has 16 heteroatoms. The highest BCUT2D eigenvalue weighted by atomic mass is 19.4. The van der Waals surface area contributed by atoms with Crippen LogP contribution in [-0.4, -0.2) is 73.8 Å². The molecule has 2 aromatic rings. The van der Waals surface area contributed by atoms with Gasteiger partial charge in [0.2, 0.25) is 5.95 Å². The molecule has 1 unspecified atom stereocenters. The summed E-state index contributed by atoms with van der Waals surface area (Å²) in [4.78, 5) is 33.3. The summed E-state index contributed by atoms with van der Waals surface area (Å²) in [7, 11) is 2.06. The van der Waals surface area contributed by atoms with Gasteiger partial charge in [0.1, 0.15) is 0 Å². The van der Waals surface area contributed by atoms with Crippen molar-refractivity contribution in [1.29, 1.82) is 0 Å². The number of rotatable bonds is 5. The van der Waals surface area contributed by atoms with Crippen LogP contribution in [0.4, 0.5) is 32.3 Å². The third-order valence-electron chi connectivity index (χ3n) is 4.92. The van der Waals surface area contributed by atoms with Crippen molar-refractivity contribution in [3.8, 4) is 0 Å². The normalized spacial score (nSPS) is 17.2. The highest BCUT2D eigenvalue weighted by Gasteiger charge is 2.39. The highest BCUT2D eigenvalue weighted by molar-refractivity contribution is 5.73. The van der Waals surface area contributed by atoms with Crippen molar-refractivity contribution < 1.29 is 50.9 Å². The standard InChI is InChI=1S/C16H21N5O.2C2HF3O2/c1-20-11-19-14-8-21(16-17-5-2-6-18-16)7-13(15(14)20)10-22-9-12-3-4-12;2*3-2(4,5)1(6)7/h2,5-6,11-13H,3-4,7-10H2,1H3;2*(H,6,7). The summed E-state index contributed by atoms with van der Waals surface area (Å²) in [6.07, 6.45) is -2.05. The summed E-state index contributed by atoms with van der Waals surface area (Å²) >= 11 is 0. The van der Waals surface area contributed by atoms with E-state index in [9.17, 15) is 26.3 Å². The molecule has 4 rings (SSSR count). The van der Waals surface area contributed by atoms with Gasteiger partial charge in [-0.05, 0) is 24.8 Å². The van der Waals surface area contributed by atoms with E-state index in [2.05, 4.69) is 31.5 Å². The lowest BCUT2D eigenvalue weighted by molar-refractivity contribution is -0.193. The molecule has 2 aliphatic rings. The van der Waals surface area contributed by atoms with Gasteiger partial charge in [-0.3, -0.25) is 0 Å². The van der Waals surface area contributed by atoms with Gasteiger partial charge in [0.05, 0.1) is 25.2 Å². The number of carbonyl (C=O) groups is 2. The molecular formula is C20H23F6N5O5. The monoisotopic (exact) mass is 527 g/mol. The van der Waals surface area contributed by atoms with Crippen LogP contribution in [0.2, 0.25) is 0 Å². The first kappa shape index (κ1) is 28.8. The Morgan fingerprint density at radius 3 is 2.00 bits per heavy atom. The number of anilines is 1. The van der Waals surface area contributed by atoms with E-state index in [1.54, 1.807) is 12.4 Å². The molecule has 10 nitrogen and oxygen atoms in total. The third kappa shape index (κ3) is 8.98. The SMILES string of the molecule is Cn1cnc2c1C(COCC1CC1)CN(c1ncccn1)C2.O=C(O)C(F)(F)F.O=C(O)C(F)(F)F. The van der Waals surface area contributed by atoms with Crippen LogP contribution >= 0.6 is 0 Å². The van der Waals surface area contributed by atoms with Gasteiger partial charge < -0.3 is 24.4 Å². The summed E-state index contributed by atoms with van der Waals surface area (Å²) in [6, 6.07) is 1.84. The highest BCUT2D eigenvalue weighted by Crippen LogP contribution is 2.32. The van der Waals surface area contributed by atoms with Crippen LogP contribution in [0, 0.1) is 5.92 Å². The van der Waals surface area contributed by atoms with Crippen molar-refractivity contribution in [3.63, 3.8) is 0 Å². The summed E-state index contributed by atoms with van der Waals surface area (Å²) in [6.45, 7) is 3.28. The number of hydrogen-bond donors (Lipinski definition) is 2. The zero-order chi connectivity index (χ0) is 27.1. The molecular weight excluding hydrogens is 504 g/mol. The second kappa shape index (κ2) is 12.0. The minimum absolute atomic E-state index is 0.318. The molecule has 0 radical (unpaired) electrons. The molecule has 200 valence electrons. The predicted molar refractivity (Wildman–Crippen MR) is 110 cm³/mol. The number of carboxylic acid groups (broad SMARTS) is 2. The molecule has 1 saturated carbocycles. The second-order valence-corrected chi connectivity index (χ2v) is 7.90. The Morgan fingerprint density at radius 2 is 1.53 bits per heavy atom. The van der Waals surface area contributed by atoms with E-state index in [4.69, 9.17) is 24.5 Å². The number of alkyl halides is 6. The van der Waals surface area contributed by atoms with E-state index in [1.807, 2.05) is 12.4 Å². The Balaban J connectivity index is 0.000000271. The van der Waals surface area contributed by atoms with Crippen LogP contribution in [0.5, 0.6) is 0 Å². The third-order valence-corrected chi connectivity index (χ3v) is 4.92. The number of ether oxygens (including phenoxy) is 1. The van der Waals surface area contributed by atoms with Gasteiger partial charge in [0, 0.05) is 44.2 Å². The van der Waals surface area contributed by atoms with E-state index < -0.39 is 24.3 Å². The predicted octanol–water partition coefficient (Wildman–Crippen LogP) is 3.01. The lowest BCUT2D eigenvalue weighted by atomic mass is 9.99. The Morgan fingerprint density at radius 1 is 1.00 bits per heavy atom. The Kier molecular flexibility index (Phi) is 9.61. The number of aliphatic carboxylic acids is 2. The van der Waals surface area contributed by atoms with E-state index in [-0.39, 0.29) is 0 Å². The lowest BCUT2D eigenvalue weighted by Crippen LogP contribution is -2.37. The zero-order valence-corrected chi connectivity index (χ0v) is 18.8. The molecule has 0 bridgehead atoms. The largest absolute Gasteiger partial charge is 0.490 e. The molecule has 36 heavy (non-hydrogen) atoms. The summed E-state index contributed by atoms with van der Waals surface area (Å²) in [5.41, 5.74) is 2.41. The van der Waals surface area contributed by atoms with Crippen molar-refractivity contribution in [3.05, 3.63) is 36.2 Å². The maximum atomic E-state index is 10.6. The average Bonchev–Trinajstić information content (AvgIpc) is 3.54. The van der Waals surface area contributed by atoms with Crippen LogP contribution in [0.15, 0.2) is 24.8 Å². The van der Waals surface area contributed by atoms with E-state index >= 15 is 0 Å². The van der Waals surface area contributed by atoms with E-state index in [1.165, 1.54) is 18.5 Å². The number of carboxylic acids is 2. The maximum absolute atomic E-state index is 10.6. The molecule has 2 aromatic heterocycles. The first-order valence-corrected chi connectivity index (χ1v) is 10.4. The van der Waals surface area contributed by atoms with E-state index in [0.717, 1.165) is 43.9 Å². The van der Waals surface area contributed by atoms with Gasteiger partial charge >= 0.3 is 24.3 Å². The van der Waals surface area contributed by atoms with Crippen LogP contribution in [0.3, 0.4) is 0 Å². The fourth-order valence-electron chi connectivity index (χ4n) is 3.13. The molecule has 0 amide bonds. The molecule has 1 aliphatic heterocycles. The molecule has 1 fully saturated rings. The number of imidazole rings is 1. The molecule has 2 N–H and O–H groups in total. The lowest BCUT2D eigenvalue weighted by Gasteiger charge is -2.32. The zero-order valence-electron chi connectivity index (χ0n) is 18.8. The van der Waals surface area contributed by atoms with Crippen molar-refractivity contribution in [2.75, 3.05) is 24.7 Å². The van der Waals surface area contributed by atoms with Crippen LogP contribution in [-0.2, 0) is 27.9 Å². The molecule has 0 spiro atoms. The fourth-order valence-corrected chi connectivity index (χ4v) is 3.13. The minimum atomic E-state index is -5.08. The average molecular weight is 527 g/mol. The molecule has 1 atom stereocenters. The Labute approximate surface area is 200 Å². The van der Waals surface area contributed by atoms with Crippen molar-refractivity contribution in [2.45, 2.75) is 37.7 Å². The van der Waals surface area contributed by atoms with Gasteiger partial charge in [-0.1, -0.05) is 0 Å². The quantitative estimate of drug-likeness (QED) is 0.564.